The monoisotopic (exact) mass is 241 g/mol. The summed E-state index contributed by atoms with van der Waals surface area (Å²) in [6.45, 7) is 2.87. The van der Waals surface area contributed by atoms with Gasteiger partial charge in [0.15, 0.2) is 0 Å². The summed E-state index contributed by atoms with van der Waals surface area (Å²) in [5.74, 6) is 0.491. The van der Waals surface area contributed by atoms with Crippen molar-refractivity contribution in [1.82, 2.24) is 4.90 Å². The van der Waals surface area contributed by atoms with Crippen molar-refractivity contribution in [3.63, 3.8) is 0 Å². The molecular weight excluding hydrogens is 214 g/mol. The van der Waals surface area contributed by atoms with Crippen LogP contribution in [0.4, 0.5) is 0 Å². The summed E-state index contributed by atoms with van der Waals surface area (Å²) < 4.78 is 5.40. The predicted molar refractivity (Wildman–Crippen MR) is 69.1 cm³/mol. The zero-order valence-electron chi connectivity index (χ0n) is 11.1. The van der Waals surface area contributed by atoms with Crippen molar-refractivity contribution in [3.05, 3.63) is 0 Å². The molecule has 2 unspecified atom stereocenters. The van der Waals surface area contributed by atoms with E-state index in [4.69, 9.17) is 4.74 Å². The molecule has 0 radical (unpaired) electrons. The van der Waals surface area contributed by atoms with Crippen molar-refractivity contribution in [3.8, 4) is 0 Å². The van der Waals surface area contributed by atoms with Gasteiger partial charge in [0.25, 0.3) is 0 Å². The average molecular weight is 241 g/mol. The minimum Gasteiger partial charge on any atom is -0.393 e. The zero-order chi connectivity index (χ0) is 12.1. The normalized spacial score (nSPS) is 32.6. The Hall–Kier alpha value is -0.120. The summed E-state index contributed by atoms with van der Waals surface area (Å²) in [5.41, 5.74) is 0. The smallest absolute Gasteiger partial charge is 0.0580 e. The van der Waals surface area contributed by atoms with E-state index < -0.39 is 0 Å². The van der Waals surface area contributed by atoms with E-state index >= 15 is 0 Å². The number of rotatable bonds is 3. The van der Waals surface area contributed by atoms with Crippen LogP contribution in [0.15, 0.2) is 0 Å². The van der Waals surface area contributed by atoms with Crippen LogP contribution in [0.5, 0.6) is 0 Å². The van der Waals surface area contributed by atoms with Crippen LogP contribution in [0.3, 0.4) is 0 Å². The van der Waals surface area contributed by atoms with Gasteiger partial charge in [-0.15, -0.1) is 0 Å². The van der Waals surface area contributed by atoms with E-state index in [1.54, 1.807) is 0 Å². The molecule has 2 aliphatic rings. The quantitative estimate of drug-likeness (QED) is 0.768. The minimum atomic E-state index is -0.0696. The average Bonchev–Trinajstić information content (AvgIpc) is 2.56. The van der Waals surface area contributed by atoms with Crippen molar-refractivity contribution in [1.29, 1.82) is 0 Å². The van der Waals surface area contributed by atoms with Gasteiger partial charge in [0, 0.05) is 25.8 Å². The first-order chi connectivity index (χ1) is 8.27. The van der Waals surface area contributed by atoms with Crippen LogP contribution in [-0.4, -0.2) is 49.0 Å². The summed E-state index contributed by atoms with van der Waals surface area (Å²) in [4.78, 5) is 2.46. The second-order valence-electron chi connectivity index (χ2n) is 5.75. The van der Waals surface area contributed by atoms with Gasteiger partial charge in [-0.1, -0.05) is 19.3 Å². The van der Waals surface area contributed by atoms with Gasteiger partial charge in [0.1, 0.15) is 0 Å². The summed E-state index contributed by atoms with van der Waals surface area (Å²) in [7, 11) is 2.22. The SMILES string of the molecule is CN(CC1CCCCCC1O)C1CCOCC1. The molecule has 0 aromatic carbocycles. The third kappa shape index (κ3) is 3.94. The highest BCUT2D eigenvalue weighted by Gasteiger charge is 2.26. The Morgan fingerprint density at radius 3 is 2.53 bits per heavy atom. The van der Waals surface area contributed by atoms with Gasteiger partial charge in [-0.25, -0.2) is 0 Å². The highest BCUT2D eigenvalue weighted by molar-refractivity contribution is 4.79. The largest absolute Gasteiger partial charge is 0.393 e. The zero-order valence-corrected chi connectivity index (χ0v) is 11.1. The van der Waals surface area contributed by atoms with Crippen molar-refractivity contribution in [2.45, 2.75) is 57.1 Å². The van der Waals surface area contributed by atoms with Crippen LogP contribution in [0, 0.1) is 5.92 Å². The Labute approximate surface area is 105 Å². The number of aliphatic hydroxyl groups is 1. The van der Waals surface area contributed by atoms with Gasteiger partial charge in [-0.2, -0.15) is 0 Å². The van der Waals surface area contributed by atoms with Gasteiger partial charge in [-0.05, 0) is 38.6 Å². The van der Waals surface area contributed by atoms with Gasteiger partial charge in [0.05, 0.1) is 6.10 Å². The lowest BCUT2D eigenvalue weighted by atomic mass is 9.95. The summed E-state index contributed by atoms with van der Waals surface area (Å²) in [6, 6.07) is 0.666. The molecule has 0 aromatic rings. The Morgan fingerprint density at radius 1 is 1.06 bits per heavy atom. The van der Waals surface area contributed by atoms with Gasteiger partial charge in [-0.3, -0.25) is 0 Å². The lowest BCUT2D eigenvalue weighted by Crippen LogP contribution is -2.41. The molecule has 1 aliphatic heterocycles. The van der Waals surface area contributed by atoms with Gasteiger partial charge in [0.2, 0.25) is 0 Å². The van der Waals surface area contributed by atoms with E-state index in [2.05, 4.69) is 11.9 Å². The maximum atomic E-state index is 10.1. The number of hydrogen-bond acceptors (Lipinski definition) is 3. The molecule has 0 spiro atoms. The number of nitrogens with zero attached hydrogens (tertiary/aromatic N) is 1. The van der Waals surface area contributed by atoms with Crippen molar-refractivity contribution >= 4 is 0 Å². The summed E-state index contributed by atoms with van der Waals surface area (Å²) in [6.07, 6.45) is 8.25. The second kappa shape index (κ2) is 6.72. The highest BCUT2D eigenvalue weighted by Crippen LogP contribution is 2.25. The fraction of sp³-hybridized carbons (Fsp3) is 1.00. The molecular formula is C14H27NO2. The molecule has 2 rings (SSSR count). The van der Waals surface area contributed by atoms with Crippen LogP contribution in [-0.2, 0) is 4.74 Å². The summed E-state index contributed by atoms with van der Waals surface area (Å²) in [5, 5.41) is 10.1. The topological polar surface area (TPSA) is 32.7 Å². The van der Waals surface area contributed by atoms with Crippen LogP contribution in [0.2, 0.25) is 0 Å². The molecule has 1 saturated carbocycles. The Kier molecular flexibility index (Phi) is 5.26. The first-order valence-electron chi connectivity index (χ1n) is 7.23. The lowest BCUT2D eigenvalue weighted by molar-refractivity contribution is 0.0216. The van der Waals surface area contributed by atoms with E-state index in [0.29, 0.717) is 12.0 Å². The molecule has 2 fully saturated rings. The molecule has 0 amide bonds. The van der Waals surface area contributed by atoms with Crippen LogP contribution < -0.4 is 0 Å². The third-order valence-electron chi connectivity index (χ3n) is 4.46. The predicted octanol–water partition coefficient (Wildman–Crippen LogP) is 2.04. The van der Waals surface area contributed by atoms with Crippen LogP contribution in [0.25, 0.3) is 0 Å². The molecule has 1 saturated heterocycles. The van der Waals surface area contributed by atoms with E-state index in [-0.39, 0.29) is 6.10 Å². The first-order valence-corrected chi connectivity index (χ1v) is 7.23. The number of aliphatic hydroxyl groups excluding tert-OH is 1. The molecule has 0 bridgehead atoms. The number of ether oxygens (including phenoxy) is 1. The molecule has 3 nitrogen and oxygen atoms in total. The van der Waals surface area contributed by atoms with Crippen LogP contribution >= 0.6 is 0 Å². The van der Waals surface area contributed by atoms with Crippen molar-refractivity contribution in [2.24, 2.45) is 5.92 Å². The fourth-order valence-corrected chi connectivity index (χ4v) is 3.22. The Balaban J connectivity index is 1.80. The van der Waals surface area contributed by atoms with Crippen molar-refractivity contribution in [2.75, 3.05) is 26.8 Å². The van der Waals surface area contributed by atoms with E-state index in [0.717, 1.165) is 39.0 Å². The third-order valence-corrected chi connectivity index (χ3v) is 4.46. The maximum absolute atomic E-state index is 10.1. The minimum absolute atomic E-state index is 0.0696. The fourth-order valence-electron chi connectivity index (χ4n) is 3.22. The maximum Gasteiger partial charge on any atom is 0.0580 e. The molecule has 17 heavy (non-hydrogen) atoms. The standard InChI is InChI=1S/C14H27NO2/c1-15(13-7-9-17-10-8-13)11-12-5-3-2-4-6-14(12)16/h12-14,16H,2-11H2,1H3. The molecule has 1 heterocycles. The second-order valence-corrected chi connectivity index (χ2v) is 5.75. The Morgan fingerprint density at radius 2 is 1.76 bits per heavy atom. The molecule has 0 aromatic heterocycles. The molecule has 1 aliphatic carbocycles. The molecule has 1 N–H and O–H groups in total. The Bertz CT molecular complexity index is 216. The number of hydrogen-bond donors (Lipinski definition) is 1. The molecule has 100 valence electrons. The van der Waals surface area contributed by atoms with Gasteiger partial charge < -0.3 is 14.7 Å². The van der Waals surface area contributed by atoms with Gasteiger partial charge >= 0.3 is 0 Å². The molecule has 3 heteroatoms. The van der Waals surface area contributed by atoms with E-state index in [1.807, 2.05) is 0 Å². The van der Waals surface area contributed by atoms with Crippen molar-refractivity contribution < 1.29 is 9.84 Å². The molecule has 2 atom stereocenters. The summed E-state index contributed by atoms with van der Waals surface area (Å²) >= 11 is 0. The van der Waals surface area contributed by atoms with E-state index in [9.17, 15) is 5.11 Å². The van der Waals surface area contributed by atoms with E-state index in [1.165, 1.54) is 25.7 Å². The van der Waals surface area contributed by atoms with Crippen LogP contribution in [0.1, 0.15) is 44.9 Å². The first kappa shape index (κ1) is 13.3. The lowest BCUT2D eigenvalue weighted by Gasteiger charge is -2.34. The highest BCUT2D eigenvalue weighted by atomic mass is 16.5.